The first-order chi connectivity index (χ1) is 16.7. The molecular formula is C24H17F3N6O2. The van der Waals surface area contributed by atoms with Crippen LogP contribution in [0.4, 0.5) is 18.9 Å². The first-order valence-electron chi connectivity index (χ1n) is 10.4. The number of nitrogens with one attached hydrogen (secondary N) is 1. The van der Waals surface area contributed by atoms with Crippen molar-refractivity contribution in [2.45, 2.75) is 20.0 Å². The third kappa shape index (κ3) is 4.47. The molecule has 0 saturated carbocycles. The third-order valence-electron chi connectivity index (χ3n) is 5.35. The van der Waals surface area contributed by atoms with Gasteiger partial charge in [-0.2, -0.15) is 13.2 Å². The van der Waals surface area contributed by atoms with E-state index < -0.39 is 17.6 Å². The number of carbonyl (C=O) groups excluding carboxylic acids is 1. The van der Waals surface area contributed by atoms with Crippen LogP contribution in [0.1, 0.15) is 27.4 Å². The molecule has 0 bridgehead atoms. The predicted octanol–water partition coefficient (Wildman–Crippen LogP) is 5.36. The van der Waals surface area contributed by atoms with Gasteiger partial charge in [-0.25, -0.2) is 15.0 Å². The van der Waals surface area contributed by atoms with E-state index >= 15 is 0 Å². The number of rotatable bonds is 4. The first kappa shape index (κ1) is 22.3. The lowest BCUT2D eigenvalue weighted by Crippen LogP contribution is -2.12. The number of fused-ring (bicyclic) bond motifs is 1. The van der Waals surface area contributed by atoms with Gasteiger partial charge in [0.2, 0.25) is 0 Å². The third-order valence-corrected chi connectivity index (χ3v) is 5.35. The normalized spacial score (nSPS) is 11.7. The van der Waals surface area contributed by atoms with Gasteiger partial charge >= 0.3 is 6.18 Å². The minimum atomic E-state index is -4.56. The van der Waals surface area contributed by atoms with E-state index in [1.54, 1.807) is 44.3 Å². The van der Waals surface area contributed by atoms with Crippen LogP contribution in [0.3, 0.4) is 0 Å². The van der Waals surface area contributed by atoms with E-state index in [9.17, 15) is 18.0 Å². The fraction of sp³-hybridized carbons (Fsp3) is 0.125. The minimum Gasteiger partial charge on any atom is -0.361 e. The second kappa shape index (κ2) is 8.35. The Bertz CT molecular complexity index is 1570. The summed E-state index contributed by atoms with van der Waals surface area (Å²) in [6, 6.07) is 8.63. The van der Waals surface area contributed by atoms with Gasteiger partial charge in [0, 0.05) is 34.7 Å². The van der Waals surface area contributed by atoms with Crippen molar-refractivity contribution in [2.24, 2.45) is 0 Å². The van der Waals surface area contributed by atoms with Crippen molar-refractivity contribution in [1.29, 1.82) is 0 Å². The molecule has 8 nitrogen and oxygen atoms in total. The number of amides is 1. The van der Waals surface area contributed by atoms with Crippen LogP contribution in [-0.4, -0.2) is 30.6 Å². The van der Waals surface area contributed by atoms with Gasteiger partial charge in [0.1, 0.15) is 11.3 Å². The zero-order valence-corrected chi connectivity index (χ0v) is 18.5. The number of anilines is 1. The Morgan fingerprint density at radius 2 is 1.89 bits per heavy atom. The number of hydrogen-bond donors (Lipinski definition) is 1. The standard InChI is InChI=1S/C24H17F3N6O2/c1-13-11-33(12-29-13)19-6-16(5-17(7-19)24(25,26)27)22-28-9-15-3-4-18(8-21(15)32-22)31-23(34)20-10-30-35-14(20)2/h3-12H,1-2H3,(H,31,34). The van der Waals surface area contributed by atoms with Crippen LogP contribution >= 0.6 is 0 Å². The van der Waals surface area contributed by atoms with E-state index in [0.29, 0.717) is 33.6 Å². The molecule has 0 atom stereocenters. The van der Waals surface area contributed by atoms with Crippen LogP contribution in [-0.2, 0) is 6.18 Å². The van der Waals surface area contributed by atoms with Crippen LogP contribution in [0.2, 0.25) is 0 Å². The molecule has 2 aromatic carbocycles. The number of carbonyl (C=O) groups is 1. The smallest absolute Gasteiger partial charge is 0.361 e. The summed E-state index contributed by atoms with van der Waals surface area (Å²) in [5.41, 5.74) is 1.51. The molecule has 0 aliphatic heterocycles. The lowest BCUT2D eigenvalue weighted by Gasteiger charge is -2.13. The van der Waals surface area contributed by atoms with E-state index in [4.69, 9.17) is 4.52 Å². The maximum absolute atomic E-state index is 13.6. The largest absolute Gasteiger partial charge is 0.416 e. The molecule has 5 rings (SSSR count). The summed E-state index contributed by atoms with van der Waals surface area (Å²) in [6.07, 6.45) is 1.36. The van der Waals surface area contributed by atoms with Crippen molar-refractivity contribution in [3.05, 3.63) is 83.9 Å². The quantitative estimate of drug-likeness (QED) is 0.374. The Kier molecular flexibility index (Phi) is 5.31. The van der Waals surface area contributed by atoms with Crippen molar-refractivity contribution in [3.8, 4) is 17.1 Å². The average Bonchev–Trinajstić information content (AvgIpc) is 3.46. The van der Waals surface area contributed by atoms with Gasteiger partial charge in [-0.15, -0.1) is 0 Å². The summed E-state index contributed by atoms with van der Waals surface area (Å²) in [5, 5.41) is 6.99. The van der Waals surface area contributed by atoms with Crippen LogP contribution in [0.25, 0.3) is 28.0 Å². The highest BCUT2D eigenvalue weighted by molar-refractivity contribution is 6.05. The molecule has 0 unspecified atom stereocenters. The van der Waals surface area contributed by atoms with E-state index in [1.165, 1.54) is 23.3 Å². The first-order valence-corrected chi connectivity index (χ1v) is 10.4. The second-order valence-corrected chi connectivity index (χ2v) is 7.91. The lowest BCUT2D eigenvalue weighted by atomic mass is 10.1. The summed E-state index contributed by atoms with van der Waals surface area (Å²) < 4.78 is 47.3. The SMILES string of the molecule is Cc1cn(-c2cc(-c3ncc4ccc(NC(=O)c5cnoc5C)cc4n3)cc(C(F)(F)F)c2)cn1. The number of halogens is 3. The Labute approximate surface area is 196 Å². The minimum absolute atomic E-state index is 0.111. The van der Waals surface area contributed by atoms with Crippen LogP contribution in [0.15, 0.2) is 65.8 Å². The fourth-order valence-electron chi connectivity index (χ4n) is 3.57. The molecule has 0 saturated heterocycles. The number of imidazole rings is 1. The Morgan fingerprint density at radius 1 is 1.06 bits per heavy atom. The van der Waals surface area contributed by atoms with Gasteiger partial charge < -0.3 is 14.4 Å². The molecule has 0 spiro atoms. The number of nitrogens with zero attached hydrogens (tertiary/aromatic N) is 5. The Balaban J connectivity index is 1.55. The molecule has 3 heterocycles. The summed E-state index contributed by atoms with van der Waals surface area (Å²) >= 11 is 0. The molecule has 0 fully saturated rings. The van der Waals surface area contributed by atoms with Crippen LogP contribution < -0.4 is 5.32 Å². The zero-order valence-electron chi connectivity index (χ0n) is 18.5. The molecule has 0 aliphatic rings. The lowest BCUT2D eigenvalue weighted by molar-refractivity contribution is -0.137. The van der Waals surface area contributed by atoms with Crippen LogP contribution in [0, 0.1) is 13.8 Å². The van der Waals surface area contributed by atoms with Gasteiger partial charge in [0.15, 0.2) is 5.82 Å². The molecule has 0 radical (unpaired) electrons. The Morgan fingerprint density at radius 3 is 2.57 bits per heavy atom. The topological polar surface area (TPSA) is 98.7 Å². The Hall–Kier alpha value is -4.54. The summed E-state index contributed by atoms with van der Waals surface area (Å²) in [7, 11) is 0. The molecule has 176 valence electrons. The van der Waals surface area contributed by atoms with Crippen molar-refractivity contribution in [1.82, 2.24) is 24.7 Å². The molecule has 3 aromatic heterocycles. The predicted molar refractivity (Wildman–Crippen MR) is 121 cm³/mol. The monoisotopic (exact) mass is 478 g/mol. The van der Waals surface area contributed by atoms with Crippen molar-refractivity contribution < 1.29 is 22.5 Å². The molecule has 11 heteroatoms. The molecule has 5 aromatic rings. The number of aromatic nitrogens is 5. The van der Waals surface area contributed by atoms with E-state index in [2.05, 4.69) is 25.4 Å². The second-order valence-electron chi connectivity index (χ2n) is 7.91. The van der Waals surface area contributed by atoms with Gasteiger partial charge in [-0.05, 0) is 50.2 Å². The highest BCUT2D eigenvalue weighted by atomic mass is 19.4. The average molecular weight is 478 g/mol. The van der Waals surface area contributed by atoms with Crippen molar-refractivity contribution in [3.63, 3.8) is 0 Å². The number of hydrogen-bond acceptors (Lipinski definition) is 6. The summed E-state index contributed by atoms with van der Waals surface area (Å²) in [4.78, 5) is 25.3. The van der Waals surface area contributed by atoms with Crippen LogP contribution in [0.5, 0.6) is 0 Å². The molecular weight excluding hydrogens is 461 g/mol. The summed E-state index contributed by atoms with van der Waals surface area (Å²) in [6.45, 7) is 3.37. The highest BCUT2D eigenvalue weighted by Crippen LogP contribution is 2.34. The zero-order chi connectivity index (χ0) is 24.7. The summed E-state index contributed by atoms with van der Waals surface area (Å²) in [5.74, 6) is 0.0805. The van der Waals surface area contributed by atoms with Gasteiger partial charge in [-0.1, -0.05) is 5.16 Å². The number of benzene rings is 2. The van der Waals surface area contributed by atoms with E-state index in [-0.39, 0.29) is 17.1 Å². The highest BCUT2D eigenvalue weighted by Gasteiger charge is 2.31. The maximum Gasteiger partial charge on any atom is 0.416 e. The maximum atomic E-state index is 13.6. The van der Waals surface area contributed by atoms with Crippen molar-refractivity contribution >= 4 is 22.5 Å². The molecule has 1 amide bonds. The van der Waals surface area contributed by atoms with Gasteiger partial charge in [0.25, 0.3) is 5.91 Å². The number of alkyl halides is 3. The molecule has 35 heavy (non-hydrogen) atoms. The number of aryl methyl sites for hydroxylation is 2. The molecule has 1 N–H and O–H groups in total. The fourth-order valence-corrected chi connectivity index (χ4v) is 3.57. The van der Waals surface area contributed by atoms with Gasteiger partial charge in [-0.3, -0.25) is 4.79 Å². The molecule has 0 aliphatic carbocycles. The van der Waals surface area contributed by atoms with Gasteiger partial charge in [0.05, 0.1) is 29.3 Å². The van der Waals surface area contributed by atoms with Crippen molar-refractivity contribution in [2.75, 3.05) is 5.32 Å². The van der Waals surface area contributed by atoms with E-state index in [0.717, 1.165) is 12.1 Å². The van der Waals surface area contributed by atoms with E-state index in [1.807, 2.05) is 0 Å².